The average Bonchev–Trinajstić information content (AvgIpc) is 3.26. The van der Waals surface area contributed by atoms with Gasteiger partial charge in [0, 0.05) is 17.3 Å². The van der Waals surface area contributed by atoms with Gasteiger partial charge in [-0.15, -0.1) is 5.10 Å². The van der Waals surface area contributed by atoms with E-state index in [1.54, 1.807) is 18.2 Å². The SMILES string of the molecule is CC(CCc1ccccc1)NC(=O)c1ccc2c(=O)n3nc(Nc4ccccc4)sc3nc2c1. The number of aryl methyl sites for hydroxylation is 1. The number of hydrogen-bond donors (Lipinski definition) is 2. The minimum absolute atomic E-state index is 0.0117. The van der Waals surface area contributed by atoms with E-state index in [2.05, 4.69) is 32.8 Å². The van der Waals surface area contributed by atoms with Gasteiger partial charge >= 0.3 is 0 Å². The van der Waals surface area contributed by atoms with Crippen molar-refractivity contribution in [3.05, 3.63) is 100 Å². The molecule has 0 bridgehead atoms. The van der Waals surface area contributed by atoms with Crippen molar-refractivity contribution in [2.45, 2.75) is 25.8 Å². The molecule has 34 heavy (non-hydrogen) atoms. The Kier molecular flexibility index (Phi) is 6.05. The Morgan fingerprint density at radius 2 is 1.76 bits per heavy atom. The summed E-state index contributed by atoms with van der Waals surface area (Å²) in [6, 6.07) is 24.8. The highest BCUT2D eigenvalue weighted by molar-refractivity contribution is 7.20. The van der Waals surface area contributed by atoms with Crippen LogP contribution in [-0.2, 0) is 6.42 Å². The van der Waals surface area contributed by atoms with Crippen LogP contribution < -0.4 is 16.2 Å². The molecule has 0 radical (unpaired) electrons. The third-order valence-electron chi connectivity index (χ3n) is 5.57. The molecule has 0 aliphatic rings. The van der Waals surface area contributed by atoms with Crippen LogP contribution in [0.5, 0.6) is 0 Å². The summed E-state index contributed by atoms with van der Waals surface area (Å²) in [5, 5.41) is 11.6. The van der Waals surface area contributed by atoms with Gasteiger partial charge in [0.15, 0.2) is 0 Å². The molecule has 2 heterocycles. The van der Waals surface area contributed by atoms with Crippen molar-refractivity contribution in [2.24, 2.45) is 0 Å². The van der Waals surface area contributed by atoms with E-state index in [0.29, 0.717) is 26.6 Å². The van der Waals surface area contributed by atoms with Gasteiger partial charge < -0.3 is 10.6 Å². The molecule has 170 valence electrons. The predicted molar refractivity (Wildman–Crippen MR) is 136 cm³/mol. The van der Waals surface area contributed by atoms with Crippen molar-refractivity contribution in [1.29, 1.82) is 0 Å². The first-order valence-corrected chi connectivity index (χ1v) is 11.9. The summed E-state index contributed by atoms with van der Waals surface area (Å²) in [5.74, 6) is -0.180. The fourth-order valence-electron chi connectivity index (χ4n) is 3.75. The van der Waals surface area contributed by atoms with Crippen LogP contribution in [0.2, 0.25) is 0 Å². The standard InChI is InChI=1S/C26H23N5O2S/c1-17(12-13-18-8-4-2-5-9-18)27-23(32)19-14-15-21-22(16-19)29-26-31(24(21)33)30-25(34-26)28-20-10-6-3-7-11-20/h2-11,14-17H,12-13H2,1H3,(H,27,32)(H,28,30). The summed E-state index contributed by atoms with van der Waals surface area (Å²) >= 11 is 1.28. The third-order valence-corrected chi connectivity index (χ3v) is 6.39. The highest BCUT2D eigenvalue weighted by atomic mass is 32.1. The predicted octanol–water partition coefficient (Wildman–Crippen LogP) is 4.80. The molecule has 3 aromatic carbocycles. The summed E-state index contributed by atoms with van der Waals surface area (Å²) in [5.41, 5.74) is 2.81. The first kappa shape index (κ1) is 21.8. The number of fused-ring (bicyclic) bond motifs is 2. The van der Waals surface area contributed by atoms with Crippen molar-refractivity contribution < 1.29 is 4.79 Å². The fourth-order valence-corrected chi connectivity index (χ4v) is 4.57. The van der Waals surface area contributed by atoms with Gasteiger partial charge in [-0.25, -0.2) is 4.98 Å². The number of carbonyl (C=O) groups is 1. The molecular formula is C26H23N5O2S. The molecule has 0 aliphatic heterocycles. The normalized spacial score (nSPS) is 12.0. The quantitative estimate of drug-likeness (QED) is 0.358. The molecule has 5 aromatic rings. The van der Waals surface area contributed by atoms with Crippen molar-refractivity contribution in [3.8, 4) is 0 Å². The third kappa shape index (κ3) is 4.67. The van der Waals surface area contributed by atoms with E-state index < -0.39 is 0 Å². The molecule has 1 unspecified atom stereocenters. The Hall–Kier alpha value is -4.04. The van der Waals surface area contributed by atoms with Crippen LogP contribution >= 0.6 is 11.3 Å². The first-order chi connectivity index (χ1) is 16.6. The number of benzene rings is 3. The smallest absolute Gasteiger partial charge is 0.283 e. The van der Waals surface area contributed by atoms with Gasteiger partial charge in [-0.05, 0) is 55.7 Å². The van der Waals surface area contributed by atoms with Gasteiger partial charge in [0.2, 0.25) is 10.1 Å². The lowest BCUT2D eigenvalue weighted by molar-refractivity contribution is 0.0938. The average molecular weight is 470 g/mol. The summed E-state index contributed by atoms with van der Waals surface area (Å²) < 4.78 is 1.30. The summed E-state index contributed by atoms with van der Waals surface area (Å²) in [4.78, 5) is 30.9. The number of anilines is 2. The summed E-state index contributed by atoms with van der Waals surface area (Å²) in [6.45, 7) is 1.99. The molecule has 2 N–H and O–H groups in total. The molecule has 8 heteroatoms. The fraction of sp³-hybridized carbons (Fsp3) is 0.154. The zero-order valence-electron chi connectivity index (χ0n) is 18.6. The van der Waals surface area contributed by atoms with E-state index >= 15 is 0 Å². The van der Waals surface area contributed by atoms with E-state index in [0.717, 1.165) is 18.5 Å². The Balaban J connectivity index is 1.35. The Morgan fingerprint density at radius 3 is 2.53 bits per heavy atom. The molecule has 0 saturated heterocycles. The van der Waals surface area contributed by atoms with Crippen LogP contribution in [0.4, 0.5) is 10.8 Å². The Labute approximate surface area is 200 Å². The van der Waals surface area contributed by atoms with Gasteiger partial charge in [-0.3, -0.25) is 9.59 Å². The first-order valence-electron chi connectivity index (χ1n) is 11.1. The lowest BCUT2D eigenvalue weighted by atomic mass is 10.1. The molecule has 0 fully saturated rings. The molecule has 1 amide bonds. The second-order valence-electron chi connectivity index (χ2n) is 8.14. The van der Waals surface area contributed by atoms with Crippen LogP contribution in [0, 0.1) is 0 Å². The number of rotatable bonds is 7. The number of carbonyl (C=O) groups excluding carboxylic acids is 1. The van der Waals surface area contributed by atoms with Gasteiger partial charge in [0.1, 0.15) is 0 Å². The highest BCUT2D eigenvalue weighted by Gasteiger charge is 2.15. The van der Waals surface area contributed by atoms with Gasteiger partial charge in [-0.1, -0.05) is 59.9 Å². The van der Waals surface area contributed by atoms with Gasteiger partial charge in [0.05, 0.1) is 10.9 Å². The number of para-hydroxylation sites is 1. The van der Waals surface area contributed by atoms with Crippen molar-refractivity contribution in [2.75, 3.05) is 5.32 Å². The highest BCUT2D eigenvalue weighted by Crippen LogP contribution is 2.23. The van der Waals surface area contributed by atoms with Crippen molar-refractivity contribution >= 4 is 43.9 Å². The molecule has 0 saturated carbocycles. The topological polar surface area (TPSA) is 88.4 Å². The molecular weight excluding hydrogens is 446 g/mol. The minimum Gasteiger partial charge on any atom is -0.350 e. The number of aromatic nitrogens is 3. The Morgan fingerprint density at radius 1 is 1.03 bits per heavy atom. The maximum absolute atomic E-state index is 13.0. The second kappa shape index (κ2) is 9.44. The van der Waals surface area contributed by atoms with E-state index in [1.165, 1.54) is 21.4 Å². The van der Waals surface area contributed by atoms with E-state index in [9.17, 15) is 9.59 Å². The van der Waals surface area contributed by atoms with E-state index in [-0.39, 0.29) is 17.5 Å². The number of nitrogens with zero attached hydrogens (tertiary/aromatic N) is 3. The zero-order valence-corrected chi connectivity index (χ0v) is 19.4. The monoisotopic (exact) mass is 469 g/mol. The van der Waals surface area contributed by atoms with E-state index in [1.807, 2.05) is 55.5 Å². The van der Waals surface area contributed by atoms with Crippen LogP contribution in [0.15, 0.2) is 83.7 Å². The van der Waals surface area contributed by atoms with Crippen LogP contribution in [-0.4, -0.2) is 26.5 Å². The van der Waals surface area contributed by atoms with Crippen molar-refractivity contribution in [3.63, 3.8) is 0 Å². The van der Waals surface area contributed by atoms with Gasteiger partial charge in [0.25, 0.3) is 11.5 Å². The van der Waals surface area contributed by atoms with E-state index in [4.69, 9.17) is 0 Å². The van der Waals surface area contributed by atoms with Crippen molar-refractivity contribution in [1.82, 2.24) is 19.9 Å². The maximum atomic E-state index is 13.0. The molecule has 1 atom stereocenters. The lowest BCUT2D eigenvalue weighted by Gasteiger charge is -2.14. The molecule has 7 nitrogen and oxygen atoms in total. The lowest BCUT2D eigenvalue weighted by Crippen LogP contribution is -2.33. The molecule has 0 spiro atoms. The minimum atomic E-state index is -0.263. The van der Waals surface area contributed by atoms with Crippen LogP contribution in [0.25, 0.3) is 15.9 Å². The molecule has 2 aromatic heterocycles. The number of amides is 1. The largest absolute Gasteiger partial charge is 0.350 e. The summed E-state index contributed by atoms with van der Waals surface area (Å²) in [7, 11) is 0. The van der Waals surface area contributed by atoms with Crippen LogP contribution in [0.3, 0.4) is 0 Å². The second-order valence-corrected chi connectivity index (χ2v) is 9.10. The molecule has 5 rings (SSSR count). The number of nitrogens with one attached hydrogen (secondary N) is 2. The van der Waals surface area contributed by atoms with Gasteiger partial charge in [-0.2, -0.15) is 4.52 Å². The maximum Gasteiger partial charge on any atom is 0.283 e. The molecule has 0 aliphatic carbocycles. The summed E-state index contributed by atoms with van der Waals surface area (Å²) in [6.07, 6.45) is 1.72. The zero-order chi connectivity index (χ0) is 23.5. The number of hydrogen-bond acceptors (Lipinski definition) is 6. The Bertz CT molecular complexity index is 1510. The van der Waals surface area contributed by atoms with Crippen LogP contribution in [0.1, 0.15) is 29.3 Å².